The molecule has 1 aromatic carbocycles. The maximum atomic E-state index is 13.2. The molecular weight excluding hydrogens is 335 g/mol. The Morgan fingerprint density at radius 3 is 2.95 bits per heavy atom. The van der Waals surface area contributed by atoms with Crippen molar-refractivity contribution in [3.05, 3.63) is 34.4 Å². The van der Waals surface area contributed by atoms with Crippen molar-refractivity contribution in [1.82, 2.24) is 10.1 Å². The third kappa shape index (κ3) is 2.54. The molecule has 0 radical (unpaired) electrons. The monoisotopic (exact) mass is 344 g/mol. The lowest BCUT2D eigenvalue weighted by Crippen LogP contribution is -2.15. The van der Waals surface area contributed by atoms with Crippen molar-refractivity contribution in [2.45, 2.75) is 12.0 Å². The fourth-order valence-corrected chi connectivity index (χ4v) is 3.52. The molecule has 1 aromatic heterocycles. The first-order valence-corrected chi connectivity index (χ1v) is 7.65. The minimum absolute atomic E-state index is 0.116. The number of aliphatic hydroxyl groups excluding tert-OH is 1. The summed E-state index contributed by atoms with van der Waals surface area (Å²) in [6, 6.07) is 4.54. The normalized spacial score (nSPS) is 22.9. The van der Waals surface area contributed by atoms with E-state index in [0.717, 1.165) is 5.75 Å². The summed E-state index contributed by atoms with van der Waals surface area (Å²) in [6.07, 6.45) is -0.446. The van der Waals surface area contributed by atoms with Crippen molar-refractivity contribution < 1.29 is 14.0 Å². The quantitative estimate of drug-likeness (QED) is 0.907. The van der Waals surface area contributed by atoms with Gasteiger partial charge in [0, 0.05) is 17.1 Å². The Kier molecular flexibility index (Phi) is 3.60. The van der Waals surface area contributed by atoms with Crippen molar-refractivity contribution in [3.8, 4) is 11.4 Å². The molecule has 2 atom stereocenters. The van der Waals surface area contributed by atoms with E-state index >= 15 is 0 Å². The first kappa shape index (κ1) is 13.1. The molecule has 1 N–H and O–H groups in total. The van der Waals surface area contributed by atoms with Gasteiger partial charge in [0.05, 0.1) is 16.5 Å². The van der Waals surface area contributed by atoms with Gasteiger partial charge in [-0.25, -0.2) is 4.39 Å². The highest BCUT2D eigenvalue weighted by molar-refractivity contribution is 9.10. The largest absolute Gasteiger partial charge is 0.391 e. The molecule has 3 rings (SSSR count). The molecule has 2 aromatic rings. The van der Waals surface area contributed by atoms with Crippen LogP contribution < -0.4 is 0 Å². The van der Waals surface area contributed by atoms with Gasteiger partial charge in [-0.15, -0.1) is 0 Å². The van der Waals surface area contributed by atoms with E-state index in [-0.39, 0.29) is 11.7 Å². The van der Waals surface area contributed by atoms with E-state index in [1.807, 2.05) is 0 Å². The second-order valence-electron chi connectivity index (χ2n) is 4.30. The number of benzene rings is 1. The topological polar surface area (TPSA) is 59.2 Å². The first-order chi connectivity index (χ1) is 9.15. The van der Waals surface area contributed by atoms with Crippen LogP contribution in [0, 0.1) is 5.82 Å². The van der Waals surface area contributed by atoms with Crippen LogP contribution in [0.1, 0.15) is 11.8 Å². The van der Waals surface area contributed by atoms with Gasteiger partial charge in [-0.1, -0.05) is 5.16 Å². The molecule has 0 spiro atoms. The molecule has 100 valence electrons. The average Bonchev–Trinajstić information content (AvgIpc) is 3.01. The number of thioether (sulfide) groups is 1. The molecule has 1 aliphatic rings. The van der Waals surface area contributed by atoms with E-state index in [9.17, 15) is 9.50 Å². The third-order valence-electron chi connectivity index (χ3n) is 2.99. The highest BCUT2D eigenvalue weighted by atomic mass is 79.9. The summed E-state index contributed by atoms with van der Waals surface area (Å²) >= 11 is 4.78. The zero-order chi connectivity index (χ0) is 13.4. The number of hydrogen-bond acceptors (Lipinski definition) is 5. The van der Waals surface area contributed by atoms with Crippen LogP contribution in [-0.4, -0.2) is 32.9 Å². The summed E-state index contributed by atoms with van der Waals surface area (Å²) in [7, 11) is 0. The maximum absolute atomic E-state index is 13.2. The third-order valence-corrected chi connectivity index (χ3v) is 4.77. The Balaban J connectivity index is 1.90. The summed E-state index contributed by atoms with van der Waals surface area (Å²) in [6.45, 7) is 0. The fourth-order valence-electron chi connectivity index (χ4n) is 1.92. The van der Waals surface area contributed by atoms with Gasteiger partial charge in [-0.2, -0.15) is 16.7 Å². The molecule has 0 saturated carbocycles. The van der Waals surface area contributed by atoms with E-state index in [1.165, 1.54) is 6.07 Å². The molecule has 1 saturated heterocycles. The summed E-state index contributed by atoms with van der Waals surface area (Å²) in [5.74, 6) is 1.85. The van der Waals surface area contributed by atoms with Crippen LogP contribution in [0.5, 0.6) is 0 Å². The SMILES string of the molecule is OC1CSCC1c1nc(-c2ccc(F)c(Br)c2)no1. The Morgan fingerprint density at radius 1 is 1.42 bits per heavy atom. The highest BCUT2D eigenvalue weighted by Crippen LogP contribution is 2.33. The minimum Gasteiger partial charge on any atom is -0.391 e. The number of rotatable bonds is 2. The van der Waals surface area contributed by atoms with Crippen LogP contribution >= 0.6 is 27.7 Å². The van der Waals surface area contributed by atoms with Gasteiger partial charge in [0.1, 0.15) is 5.82 Å². The molecule has 19 heavy (non-hydrogen) atoms. The molecule has 4 nitrogen and oxygen atoms in total. The van der Waals surface area contributed by atoms with E-state index < -0.39 is 6.10 Å². The number of halogens is 2. The molecule has 0 aliphatic carbocycles. The standard InChI is InChI=1S/C12H10BrFN2O2S/c13-8-3-6(1-2-9(8)14)11-15-12(18-16-11)7-4-19-5-10(7)17/h1-3,7,10,17H,4-5H2. The van der Waals surface area contributed by atoms with Crippen LogP contribution in [-0.2, 0) is 0 Å². The highest BCUT2D eigenvalue weighted by Gasteiger charge is 2.32. The molecular formula is C12H10BrFN2O2S. The lowest BCUT2D eigenvalue weighted by molar-refractivity contribution is 0.164. The molecule has 7 heteroatoms. The lowest BCUT2D eigenvalue weighted by atomic mass is 10.1. The Hall–Kier alpha value is -0.920. The molecule has 1 aliphatic heterocycles. The van der Waals surface area contributed by atoms with E-state index in [4.69, 9.17) is 4.52 Å². The van der Waals surface area contributed by atoms with Crippen molar-refractivity contribution in [3.63, 3.8) is 0 Å². The van der Waals surface area contributed by atoms with Crippen LogP contribution in [0.3, 0.4) is 0 Å². The summed E-state index contributed by atoms with van der Waals surface area (Å²) in [5.41, 5.74) is 0.670. The van der Waals surface area contributed by atoms with E-state index in [1.54, 1.807) is 23.9 Å². The van der Waals surface area contributed by atoms with Crippen molar-refractivity contribution >= 4 is 27.7 Å². The number of nitrogens with zero attached hydrogens (tertiary/aromatic N) is 2. The molecule has 0 bridgehead atoms. The minimum atomic E-state index is -0.446. The predicted molar refractivity (Wildman–Crippen MR) is 73.5 cm³/mol. The van der Waals surface area contributed by atoms with Gasteiger partial charge >= 0.3 is 0 Å². The van der Waals surface area contributed by atoms with Gasteiger partial charge in [-0.3, -0.25) is 0 Å². The van der Waals surface area contributed by atoms with Gasteiger partial charge < -0.3 is 9.63 Å². The van der Waals surface area contributed by atoms with Gasteiger partial charge in [-0.05, 0) is 34.1 Å². The molecule has 2 heterocycles. The summed E-state index contributed by atoms with van der Waals surface area (Å²) in [5, 5.41) is 13.7. The van der Waals surface area contributed by atoms with Gasteiger partial charge in [0.15, 0.2) is 0 Å². The van der Waals surface area contributed by atoms with Crippen molar-refractivity contribution in [2.75, 3.05) is 11.5 Å². The Labute approximate surface area is 121 Å². The van der Waals surface area contributed by atoms with Crippen LogP contribution in [0.25, 0.3) is 11.4 Å². The number of aliphatic hydroxyl groups is 1. The average molecular weight is 345 g/mol. The van der Waals surface area contributed by atoms with Crippen LogP contribution in [0.2, 0.25) is 0 Å². The summed E-state index contributed by atoms with van der Waals surface area (Å²) in [4.78, 5) is 4.29. The number of hydrogen-bond donors (Lipinski definition) is 1. The lowest BCUT2D eigenvalue weighted by Gasteiger charge is -2.06. The maximum Gasteiger partial charge on any atom is 0.233 e. The zero-order valence-electron chi connectivity index (χ0n) is 9.72. The second-order valence-corrected chi connectivity index (χ2v) is 6.23. The van der Waals surface area contributed by atoms with E-state index in [0.29, 0.717) is 27.5 Å². The molecule has 0 amide bonds. The smallest absolute Gasteiger partial charge is 0.233 e. The van der Waals surface area contributed by atoms with E-state index in [2.05, 4.69) is 26.1 Å². The number of aromatic nitrogens is 2. The first-order valence-electron chi connectivity index (χ1n) is 5.70. The summed E-state index contributed by atoms with van der Waals surface area (Å²) < 4.78 is 18.7. The van der Waals surface area contributed by atoms with Gasteiger partial charge in [0.25, 0.3) is 0 Å². The van der Waals surface area contributed by atoms with Gasteiger partial charge in [0.2, 0.25) is 11.7 Å². The van der Waals surface area contributed by atoms with Crippen LogP contribution in [0.4, 0.5) is 4.39 Å². The second kappa shape index (κ2) is 5.22. The van der Waals surface area contributed by atoms with Crippen molar-refractivity contribution in [1.29, 1.82) is 0 Å². The molecule has 1 fully saturated rings. The predicted octanol–water partition coefficient (Wildman–Crippen LogP) is 2.83. The van der Waals surface area contributed by atoms with Crippen molar-refractivity contribution in [2.24, 2.45) is 0 Å². The molecule has 2 unspecified atom stereocenters. The fraction of sp³-hybridized carbons (Fsp3) is 0.333. The zero-order valence-corrected chi connectivity index (χ0v) is 12.1. The Bertz CT molecular complexity index is 607. The Morgan fingerprint density at radius 2 is 2.26 bits per heavy atom. The van der Waals surface area contributed by atoms with Crippen LogP contribution in [0.15, 0.2) is 27.2 Å².